The number of guanidine groups is 1. The highest BCUT2D eigenvalue weighted by Gasteiger charge is 2.09. The van der Waals surface area contributed by atoms with E-state index in [4.69, 9.17) is 0 Å². The van der Waals surface area contributed by atoms with Crippen molar-refractivity contribution in [3.8, 4) is 5.69 Å². The van der Waals surface area contributed by atoms with E-state index in [-0.39, 0.29) is 0 Å². The minimum atomic E-state index is 0.669. The van der Waals surface area contributed by atoms with Gasteiger partial charge in [0.15, 0.2) is 5.96 Å². The van der Waals surface area contributed by atoms with E-state index in [1.807, 2.05) is 30.1 Å². The Bertz CT molecular complexity index is 957. The highest BCUT2D eigenvalue weighted by molar-refractivity contribution is 5.79. The van der Waals surface area contributed by atoms with E-state index in [9.17, 15) is 0 Å². The molecule has 0 amide bonds. The van der Waals surface area contributed by atoms with Crippen LogP contribution >= 0.6 is 0 Å². The van der Waals surface area contributed by atoms with Crippen LogP contribution in [0.4, 0.5) is 0 Å². The molecule has 3 aromatic rings. The second kappa shape index (κ2) is 9.17. The summed E-state index contributed by atoms with van der Waals surface area (Å²) >= 11 is 0. The van der Waals surface area contributed by atoms with Crippen molar-refractivity contribution in [1.29, 1.82) is 0 Å². The topological polar surface area (TPSA) is 67.1 Å². The van der Waals surface area contributed by atoms with Crippen LogP contribution in [0.2, 0.25) is 0 Å². The number of rotatable bonds is 6. The van der Waals surface area contributed by atoms with Gasteiger partial charge in [-0.05, 0) is 62.1 Å². The third kappa shape index (κ3) is 4.76. The molecule has 146 valence electrons. The maximum Gasteiger partial charge on any atom is 0.191 e. The fourth-order valence-corrected chi connectivity index (χ4v) is 3.24. The smallest absolute Gasteiger partial charge is 0.191 e. The average Bonchev–Trinajstić information content (AvgIpc) is 3.04. The van der Waals surface area contributed by atoms with Gasteiger partial charge in [-0.2, -0.15) is 5.10 Å². The Labute approximate surface area is 166 Å². The number of aliphatic imine (C=N–C) groups is 1. The van der Waals surface area contributed by atoms with Crippen molar-refractivity contribution < 1.29 is 0 Å². The first-order valence-electron chi connectivity index (χ1n) is 9.54. The molecule has 1 aromatic carbocycles. The van der Waals surface area contributed by atoms with Gasteiger partial charge in [0.05, 0.1) is 11.4 Å². The molecule has 0 fully saturated rings. The molecule has 0 bridgehead atoms. The first-order chi connectivity index (χ1) is 13.6. The van der Waals surface area contributed by atoms with E-state index < -0.39 is 0 Å². The van der Waals surface area contributed by atoms with Crippen LogP contribution in [-0.4, -0.2) is 34.3 Å². The van der Waals surface area contributed by atoms with E-state index in [2.05, 4.69) is 69.9 Å². The van der Waals surface area contributed by atoms with Crippen LogP contribution in [-0.2, 0) is 13.0 Å². The largest absolute Gasteiger partial charge is 0.356 e. The van der Waals surface area contributed by atoms with Crippen LogP contribution in [0.5, 0.6) is 0 Å². The number of hydrogen-bond donors (Lipinski definition) is 2. The van der Waals surface area contributed by atoms with Crippen molar-refractivity contribution in [1.82, 2.24) is 25.4 Å². The van der Waals surface area contributed by atoms with E-state index in [0.29, 0.717) is 6.54 Å². The molecular formula is C22H28N6. The lowest BCUT2D eigenvalue weighted by Crippen LogP contribution is -2.38. The van der Waals surface area contributed by atoms with Crippen molar-refractivity contribution >= 4 is 5.96 Å². The fourth-order valence-electron chi connectivity index (χ4n) is 3.24. The molecule has 0 atom stereocenters. The molecule has 0 aliphatic heterocycles. The third-order valence-corrected chi connectivity index (χ3v) is 4.72. The number of para-hydroxylation sites is 1. The molecule has 2 heterocycles. The van der Waals surface area contributed by atoms with Crippen molar-refractivity contribution in [2.24, 2.45) is 4.99 Å². The van der Waals surface area contributed by atoms with Gasteiger partial charge in [-0.1, -0.05) is 18.2 Å². The van der Waals surface area contributed by atoms with E-state index >= 15 is 0 Å². The minimum absolute atomic E-state index is 0.669. The Balaban J connectivity index is 1.61. The van der Waals surface area contributed by atoms with Gasteiger partial charge in [-0.3, -0.25) is 9.98 Å². The van der Waals surface area contributed by atoms with Gasteiger partial charge in [-0.25, -0.2) is 4.68 Å². The molecule has 0 radical (unpaired) electrons. The van der Waals surface area contributed by atoms with E-state index in [0.717, 1.165) is 36.0 Å². The summed E-state index contributed by atoms with van der Waals surface area (Å²) in [6, 6.07) is 12.5. The zero-order valence-corrected chi connectivity index (χ0v) is 17.0. The van der Waals surface area contributed by atoms with E-state index in [1.54, 1.807) is 7.05 Å². The van der Waals surface area contributed by atoms with Crippen LogP contribution in [0, 0.1) is 20.8 Å². The molecule has 0 saturated heterocycles. The maximum absolute atomic E-state index is 4.62. The first kappa shape index (κ1) is 19.6. The zero-order valence-electron chi connectivity index (χ0n) is 17.0. The van der Waals surface area contributed by atoms with Crippen LogP contribution in [0.15, 0.2) is 53.8 Å². The Morgan fingerprint density at radius 3 is 2.61 bits per heavy atom. The molecule has 3 rings (SSSR count). The molecule has 2 N–H and O–H groups in total. The van der Waals surface area contributed by atoms with Gasteiger partial charge >= 0.3 is 0 Å². The lowest BCUT2D eigenvalue weighted by atomic mass is 10.1. The average molecular weight is 377 g/mol. The monoisotopic (exact) mass is 376 g/mol. The van der Waals surface area contributed by atoms with Crippen LogP contribution in [0.1, 0.15) is 28.1 Å². The number of pyridine rings is 1. The fraction of sp³-hybridized carbons (Fsp3) is 0.318. The van der Waals surface area contributed by atoms with Gasteiger partial charge in [0.1, 0.15) is 0 Å². The number of benzene rings is 1. The molecule has 0 saturated carbocycles. The van der Waals surface area contributed by atoms with Crippen LogP contribution < -0.4 is 10.6 Å². The van der Waals surface area contributed by atoms with Crippen molar-refractivity contribution in [3.63, 3.8) is 0 Å². The van der Waals surface area contributed by atoms with E-state index in [1.165, 1.54) is 16.7 Å². The molecule has 6 nitrogen and oxygen atoms in total. The maximum atomic E-state index is 4.62. The highest BCUT2D eigenvalue weighted by atomic mass is 15.3. The minimum Gasteiger partial charge on any atom is -0.356 e. The standard InChI is InChI=1S/C22H28N6/c1-16-14-24-11-9-19(16)10-12-25-22(23-4)26-15-20-7-5-6-8-21(20)28-18(3)13-17(2)27-28/h5-9,11,13-14H,10,12,15H2,1-4H3,(H2,23,25,26). The predicted octanol–water partition coefficient (Wildman–Crippen LogP) is 3.10. The number of aromatic nitrogens is 3. The van der Waals surface area contributed by atoms with Crippen molar-refractivity contribution in [2.75, 3.05) is 13.6 Å². The predicted molar refractivity (Wildman–Crippen MR) is 114 cm³/mol. The summed E-state index contributed by atoms with van der Waals surface area (Å²) in [6.45, 7) is 7.66. The lowest BCUT2D eigenvalue weighted by molar-refractivity contribution is 0.774. The van der Waals surface area contributed by atoms with Gasteiger partial charge in [-0.15, -0.1) is 0 Å². The Hall–Kier alpha value is -3.15. The Morgan fingerprint density at radius 2 is 1.89 bits per heavy atom. The second-order valence-corrected chi connectivity index (χ2v) is 6.87. The van der Waals surface area contributed by atoms with Gasteiger partial charge in [0, 0.05) is 38.2 Å². The molecule has 6 heteroatoms. The second-order valence-electron chi connectivity index (χ2n) is 6.87. The van der Waals surface area contributed by atoms with Gasteiger partial charge in [0.25, 0.3) is 0 Å². The summed E-state index contributed by atoms with van der Waals surface area (Å²) in [5.41, 5.74) is 6.91. The number of nitrogens with zero attached hydrogens (tertiary/aromatic N) is 4. The molecule has 0 unspecified atom stereocenters. The Morgan fingerprint density at radius 1 is 1.07 bits per heavy atom. The zero-order chi connectivity index (χ0) is 19.9. The summed E-state index contributed by atoms with van der Waals surface area (Å²) in [6.07, 6.45) is 4.67. The van der Waals surface area contributed by atoms with Crippen LogP contribution in [0.25, 0.3) is 5.69 Å². The summed E-state index contributed by atoms with van der Waals surface area (Å²) in [7, 11) is 1.79. The number of aryl methyl sites for hydroxylation is 3. The molecule has 0 spiro atoms. The number of hydrogen-bond acceptors (Lipinski definition) is 3. The quantitative estimate of drug-likeness (QED) is 0.512. The highest BCUT2D eigenvalue weighted by Crippen LogP contribution is 2.16. The summed E-state index contributed by atoms with van der Waals surface area (Å²) in [5, 5.41) is 11.4. The summed E-state index contributed by atoms with van der Waals surface area (Å²) in [4.78, 5) is 8.49. The lowest BCUT2D eigenvalue weighted by Gasteiger charge is -2.15. The molecule has 0 aliphatic rings. The summed E-state index contributed by atoms with van der Waals surface area (Å²) < 4.78 is 1.99. The van der Waals surface area contributed by atoms with Gasteiger partial charge in [0.2, 0.25) is 0 Å². The molecular weight excluding hydrogens is 348 g/mol. The Kier molecular flexibility index (Phi) is 6.42. The van der Waals surface area contributed by atoms with Gasteiger partial charge < -0.3 is 10.6 Å². The number of nitrogens with one attached hydrogen (secondary N) is 2. The molecule has 28 heavy (non-hydrogen) atoms. The van der Waals surface area contributed by atoms with Crippen molar-refractivity contribution in [3.05, 3.63) is 76.9 Å². The SMILES string of the molecule is CN=C(NCCc1ccncc1C)NCc1ccccc1-n1nc(C)cc1C. The summed E-state index contributed by atoms with van der Waals surface area (Å²) in [5.74, 6) is 0.787. The molecule has 2 aromatic heterocycles. The van der Waals surface area contributed by atoms with Crippen molar-refractivity contribution in [2.45, 2.75) is 33.7 Å². The molecule has 0 aliphatic carbocycles. The normalized spacial score (nSPS) is 11.5. The van der Waals surface area contributed by atoms with Crippen LogP contribution in [0.3, 0.4) is 0 Å². The first-order valence-corrected chi connectivity index (χ1v) is 9.54. The third-order valence-electron chi connectivity index (χ3n) is 4.72.